The van der Waals surface area contributed by atoms with Gasteiger partial charge in [0, 0.05) is 25.2 Å². The maximum absolute atomic E-state index is 13.1. The lowest BCUT2D eigenvalue weighted by atomic mass is 10.1. The van der Waals surface area contributed by atoms with Gasteiger partial charge in [-0.3, -0.25) is 14.5 Å². The van der Waals surface area contributed by atoms with Crippen LogP contribution in [0, 0.1) is 13.8 Å². The van der Waals surface area contributed by atoms with Crippen molar-refractivity contribution in [2.75, 3.05) is 18.4 Å². The van der Waals surface area contributed by atoms with E-state index in [1.807, 2.05) is 54.5 Å². The molecule has 8 nitrogen and oxygen atoms in total. The Morgan fingerprint density at radius 3 is 2.35 bits per heavy atom. The van der Waals surface area contributed by atoms with Crippen LogP contribution >= 0.6 is 11.3 Å². The molecule has 0 aliphatic carbocycles. The first-order valence-corrected chi connectivity index (χ1v) is 13.0. The van der Waals surface area contributed by atoms with E-state index in [1.54, 1.807) is 38.3 Å². The Balaban J connectivity index is 1.69. The highest BCUT2D eigenvalue weighted by atomic mass is 32.1. The molecule has 37 heavy (non-hydrogen) atoms. The summed E-state index contributed by atoms with van der Waals surface area (Å²) in [6.07, 6.45) is 0.482. The molecule has 2 atom stereocenters. The lowest BCUT2D eigenvalue weighted by molar-refractivity contribution is 0.0793. The molecule has 0 radical (unpaired) electrons. The molecule has 196 valence electrons. The van der Waals surface area contributed by atoms with E-state index in [9.17, 15) is 19.8 Å². The second-order valence-corrected chi connectivity index (χ2v) is 10.2. The summed E-state index contributed by atoms with van der Waals surface area (Å²) in [4.78, 5) is 28.2. The van der Waals surface area contributed by atoms with E-state index in [0.29, 0.717) is 35.8 Å². The van der Waals surface area contributed by atoms with E-state index in [0.717, 1.165) is 22.3 Å². The fourth-order valence-electron chi connectivity index (χ4n) is 3.84. The van der Waals surface area contributed by atoms with Gasteiger partial charge in [-0.25, -0.2) is 5.43 Å². The largest absolute Gasteiger partial charge is 0.392 e. The van der Waals surface area contributed by atoms with Crippen LogP contribution in [-0.2, 0) is 6.54 Å². The topological polar surface area (TPSA) is 114 Å². The molecule has 0 spiro atoms. The molecule has 0 fully saturated rings. The summed E-state index contributed by atoms with van der Waals surface area (Å²) >= 11 is 1.24. The van der Waals surface area contributed by atoms with Crippen molar-refractivity contribution in [2.45, 2.75) is 46.4 Å². The molecule has 3 aromatic rings. The minimum atomic E-state index is -0.544. The monoisotopic (exact) mass is 522 g/mol. The van der Waals surface area contributed by atoms with Crippen LogP contribution in [0.15, 0.2) is 59.0 Å². The summed E-state index contributed by atoms with van der Waals surface area (Å²) in [6.45, 7) is 8.51. The highest BCUT2D eigenvalue weighted by molar-refractivity contribution is 7.13. The Morgan fingerprint density at radius 2 is 1.70 bits per heavy atom. The molecule has 0 aliphatic heterocycles. The predicted molar refractivity (Wildman–Crippen MR) is 148 cm³/mol. The van der Waals surface area contributed by atoms with Crippen LogP contribution in [0.2, 0.25) is 0 Å². The number of nitrogens with one attached hydrogen (secondary N) is 2. The first kappa shape index (κ1) is 28.2. The number of hydrogen-bond acceptors (Lipinski definition) is 7. The summed E-state index contributed by atoms with van der Waals surface area (Å²) in [6, 6.07) is 14.9. The zero-order valence-corrected chi connectivity index (χ0v) is 22.4. The third-order valence-electron chi connectivity index (χ3n) is 5.52. The van der Waals surface area contributed by atoms with Crippen molar-refractivity contribution in [3.05, 3.63) is 86.6 Å². The van der Waals surface area contributed by atoms with Crippen molar-refractivity contribution in [2.24, 2.45) is 5.10 Å². The quantitative estimate of drug-likeness (QED) is 0.225. The molecule has 0 saturated heterocycles. The maximum atomic E-state index is 13.1. The maximum Gasteiger partial charge on any atom is 0.283 e. The fraction of sp³-hybridized carbons (Fsp3) is 0.321. The Bertz CT molecular complexity index is 1230. The minimum absolute atomic E-state index is 0.335. The number of anilines is 1. The van der Waals surface area contributed by atoms with Gasteiger partial charge in [-0.05, 0) is 61.9 Å². The summed E-state index contributed by atoms with van der Waals surface area (Å²) in [5.74, 6) is -0.740. The number of nitrogens with zero attached hydrogens (tertiary/aromatic N) is 2. The van der Waals surface area contributed by atoms with E-state index < -0.39 is 18.1 Å². The Morgan fingerprint density at radius 1 is 1.03 bits per heavy atom. The second kappa shape index (κ2) is 13.3. The van der Waals surface area contributed by atoms with Gasteiger partial charge in [-0.15, -0.1) is 11.3 Å². The van der Waals surface area contributed by atoms with E-state index in [1.165, 1.54) is 11.3 Å². The number of aryl methyl sites for hydroxylation is 2. The first-order chi connectivity index (χ1) is 17.6. The normalized spacial score (nSPS) is 13.1. The van der Waals surface area contributed by atoms with Gasteiger partial charge in [0.25, 0.3) is 11.8 Å². The van der Waals surface area contributed by atoms with Crippen molar-refractivity contribution in [1.29, 1.82) is 0 Å². The molecule has 2 amide bonds. The van der Waals surface area contributed by atoms with Gasteiger partial charge in [0.1, 0.15) is 4.88 Å². The van der Waals surface area contributed by atoms with Crippen LogP contribution in [0.4, 0.5) is 5.69 Å². The zero-order valence-electron chi connectivity index (χ0n) is 21.6. The van der Waals surface area contributed by atoms with Gasteiger partial charge in [0.2, 0.25) is 0 Å². The lowest BCUT2D eigenvalue weighted by Gasteiger charge is -2.25. The van der Waals surface area contributed by atoms with Crippen LogP contribution in [0.5, 0.6) is 0 Å². The summed E-state index contributed by atoms with van der Waals surface area (Å²) in [5, 5.41) is 28.3. The van der Waals surface area contributed by atoms with Crippen LogP contribution in [0.1, 0.15) is 56.1 Å². The molecule has 0 bridgehead atoms. The number of amides is 2. The van der Waals surface area contributed by atoms with Crippen molar-refractivity contribution >= 4 is 35.1 Å². The first-order valence-electron chi connectivity index (χ1n) is 12.1. The van der Waals surface area contributed by atoms with Gasteiger partial charge in [-0.1, -0.05) is 42.0 Å². The van der Waals surface area contributed by atoms with Crippen LogP contribution in [0.3, 0.4) is 0 Å². The van der Waals surface area contributed by atoms with E-state index >= 15 is 0 Å². The van der Waals surface area contributed by atoms with E-state index in [-0.39, 0.29) is 5.91 Å². The Hall–Kier alpha value is -3.37. The van der Waals surface area contributed by atoms with Crippen molar-refractivity contribution in [3.8, 4) is 0 Å². The summed E-state index contributed by atoms with van der Waals surface area (Å²) in [5.41, 5.74) is 7.09. The van der Waals surface area contributed by atoms with E-state index in [4.69, 9.17) is 0 Å². The smallest absolute Gasteiger partial charge is 0.283 e. The number of carbonyl (C=O) groups excluding carboxylic acids is 2. The van der Waals surface area contributed by atoms with Gasteiger partial charge >= 0.3 is 0 Å². The predicted octanol–water partition coefficient (Wildman–Crippen LogP) is 3.94. The van der Waals surface area contributed by atoms with Crippen LogP contribution < -0.4 is 10.7 Å². The Labute approximate surface area is 221 Å². The van der Waals surface area contributed by atoms with Gasteiger partial charge in [0.05, 0.1) is 24.1 Å². The fourth-order valence-corrected chi connectivity index (χ4v) is 4.74. The van der Waals surface area contributed by atoms with Gasteiger partial charge in [-0.2, -0.15) is 5.10 Å². The number of aliphatic hydroxyl groups is 2. The number of thiophene rings is 1. The molecule has 9 heteroatoms. The van der Waals surface area contributed by atoms with Crippen LogP contribution in [-0.4, -0.2) is 58.4 Å². The molecular weight excluding hydrogens is 488 g/mol. The molecule has 0 saturated carbocycles. The molecule has 4 N–H and O–H groups in total. The number of hydrazone groups is 1. The summed E-state index contributed by atoms with van der Waals surface area (Å²) < 4.78 is 0. The number of carbonyl (C=O) groups is 2. The highest BCUT2D eigenvalue weighted by Gasteiger charge is 2.19. The molecular formula is C28H34N4O4S. The third kappa shape index (κ3) is 8.61. The van der Waals surface area contributed by atoms with Crippen molar-refractivity contribution in [3.63, 3.8) is 0 Å². The van der Waals surface area contributed by atoms with Crippen molar-refractivity contribution < 1.29 is 19.8 Å². The summed E-state index contributed by atoms with van der Waals surface area (Å²) in [7, 11) is 0. The third-order valence-corrected chi connectivity index (χ3v) is 6.61. The number of aliphatic hydroxyl groups excluding tert-OH is 2. The molecule has 1 heterocycles. The lowest BCUT2D eigenvalue weighted by Crippen LogP contribution is -2.35. The molecule has 3 rings (SSSR count). The van der Waals surface area contributed by atoms with Gasteiger partial charge in [0.15, 0.2) is 0 Å². The minimum Gasteiger partial charge on any atom is -0.392 e. The number of benzene rings is 2. The Kier molecular flexibility index (Phi) is 10.1. The molecule has 2 aromatic carbocycles. The highest BCUT2D eigenvalue weighted by Crippen LogP contribution is 2.28. The molecule has 0 aliphatic rings. The van der Waals surface area contributed by atoms with Crippen LogP contribution in [0.25, 0.3) is 0 Å². The molecule has 1 aromatic heterocycles. The molecule has 2 unspecified atom stereocenters. The average Bonchev–Trinajstić information content (AvgIpc) is 3.19. The number of hydrogen-bond donors (Lipinski definition) is 4. The van der Waals surface area contributed by atoms with E-state index in [2.05, 4.69) is 15.8 Å². The SMILES string of the molecule is Cc1ccc(/C=N/NC(=O)c2scc(C)c2NC(=O)c2cccc(CN(CC(C)O)CC(C)O)c2)cc1. The standard InChI is InChI=1S/C28H34N4O4S/c1-18-8-10-22(11-9-18)13-29-31-28(36)26-25(19(2)17-37-26)30-27(35)24-7-5-6-23(12-24)16-32(14-20(3)33)15-21(4)34/h5-13,17,20-21,33-34H,14-16H2,1-4H3,(H,30,35)(H,31,36)/b29-13+. The van der Waals surface area contributed by atoms with Crippen molar-refractivity contribution in [1.82, 2.24) is 10.3 Å². The second-order valence-electron chi connectivity index (χ2n) is 9.28. The zero-order chi connectivity index (χ0) is 26.9. The number of rotatable bonds is 11. The average molecular weight is 523 g/mol. The van der Waals surface area contributed by atoms with Gasteiger partial charge < -0.3 is 15.5 Å².